The van der Waals surface area contributed by atoms with E-state index in [-0.39, 0.29) is 12.5 Å². The molecule has 7 nitrogen and oxygen atoms in total. The Morgan fingerprint density at radius 3 is 2.70 bits per heavy atom. The maximum absolute atomic E-state index is 11.7. The van der Waals surface area contributed by atoms with Crippen molar-refractivity contribution in [3.8, 4) is 0 Å². The van der Waals surface area contributed by atoms with Crippen LogP contribution in [0.15, 0.2) is 12.5 Å². The number of aromatic amines is 1. The van der Waals surface area contributed by atoms with E-state index < -0.39 is 17.7 Å². The van der Waals surface area contributed by atoms with Gasteiger partial charge in [0.2, 0.25) is 0 Å². The molecule has 1 aromatic rings. The van der Waals surface area contributed by atoms with Crippen molar-refractivity contribution >= 4 is 12.1 Å². The molecule has 7 heteroatoms. The zero-order valence-corrected chi connectivity index (χ0v) is 12.0. The molecule has 20 heavy (non-hydrogen) atoms. The Bertz CT molecular complexity index is 437. The van der Waals surface area contributed by atoms with E-state index in [0.717, 1.165) is 5.69 Å². The number of aromatic nitrogens is 2. The molecule has 0 aromatic carbocycles. The van der Waals surface area contributed by atoms with Crippen LogP contribution >= 0.6 is 0 Å². The molecular formula is C13H21N3O4. The highest BCUT2D eigenvalue weighted by molar-refractivity contribution is 5.69. The second kappa shape index (κ2) is 6.93. The normalized spacial score (nSPS) is 12.8. The Balaban J connectivity index is 2.57. The number of rotatable bonds is 6. The summed E-state index contributed by atoms with van der Waals surface area (Å²) < 4.78 is 5.17. The molecule has 112 valence electrons. The van der Waals surface area contributed by atoms with Crippen molar-refractivity contribution in [2.45, 2.75) is 51.7 Å². The number of hydrogen-bond donors (Lipinski definition) is 3. The van der Waals surface area contributed by atoms with Gasteiger partial charge in [-0.1, -0.05) is 0 Å². The molecule has 1 heterocycles. The molecule has 1 rings (SSSR count). The van der Waals surface area contributed by atoms with Gasteiger partial charge in [-0.25, -0.2) is 9.78 Å². The summed E-state index contributed by atoms with van der Waals surface area (Å²) in [6.07, 6.45) is 3.42. The summed E-state index contributed by atoms with van der Waals surface area (Å²) in [4.78, 5) is 29.2. The van der Waals surface area contributed by atoms with E-state index in [2.05, 4.69) is 15.3 Å². The van der Waals surface area contributed by atoms with Gasteiger partial charge in [0, 0.05) is 30.8 Å². The smallest absolute Gasteiger partial charge is 0.407 e. The number of aliphatic carboxylic acids is 1. The number of nitrogens with one attached hydrogen (secondary N) is 2. The minimum atomic E-state index is -0.898. The van der Waals surface area contributed by atoms with Gasteiger partial charge in [0.1, 0.15) is 5.60 Å². The Morgan fingerprint density at radius 2 is 2.20 bits per heavy atom. The number of carbonyl (C=O) groups is 2. The first-order valence-electron chi connectivity index (χ1n) is 6.45. The average molecular weight is 283 g/mol. The number of amides is 1. The van der Waals surface area contributed by atoms with Gasteiger partial charge < -0.3 is 20.1 Å². The summed E-state index contributed by atoms with van der Waals surface area (Å²) in [5.74, 6) is -0.898. The van der Waals surface area contributed by atoms with Gasteiger partial charge in [0.25, 0.3) is 0 Å². The Morgan fingerprint density at radius 1 is 1.50 bits per heavy atom. The summed E-state index contributed by atoms with van der Waals surface area (Å²) in [6.45, 7) is 5.31. The number of carboxylic acid groups (broad SMARTS) is 1. The third-order valence-electron chi connectivity index (χ3n) is 2.45. The molecular weight excluding hydrogens is 262 g/mol. The predicted octanol–water partition coefficient (Wildman–Crippen LogP) is 1.71. The fourth-order valence-corrected chi connectivity index (χ4v) is 1.66. The molecule has 1 aromatic heterocycles. The maximum atomic E-state index is 11.7. The lowest BCUT2D eigenvalue weighted by Crippen LogP contribution is -2.40. The quantitative estimate of drug-likeness (QED) is 0.737. The van der Waals surface area contributed by atoms with Crippen molar-refractivity contribution in [3.63, 3.8) is 0 Å². The fourth-order valence-electron chi connectivity index (χ4n) is 1.66. The first kappa shape index (κ1) is 16.0. The first-order valence-corrected chi connectivity index (χ1v) is 6.45. The molecule has 0 aliphatic rings. The molecule has 0 saturated heterocycles. The van der Waals surface area contributed by atoms with Crippen LogP contribution in [0.3, 0.4) is 0 Å². The highest BCUT2D eigenvalue weighted by atomic mass is 16.6. The highest BCUT2D eigenvalue weighted by Gasteiger charge is 2.20. The molecule has 3 N–H and O–H groups in total. The fraction of sp³-hybridized carbons (Fsp3) is 0.615. The van der Waals surface area contributed by atoms with Crippen LogP contribution in [0.4, 0.5) is 4.79 Å². The summed E-state index contributed by atoms with van der Waals surface area (Å²) in [5.41, 5.74) is 0.242. The molecule has 0 aliphatic carbocycles. The van der Waals surface area contributed by atoms with Gasteiger partial charge in [-0.2, -0.15) is 0 Å². The average Bonchev–Trinajstić information content (AvgIpc) is 2.75. The van der Waals surface area contributed by atoms with Crippen LogP contribution in [0.25, 0.3) is 0 Å². The van der Waals surface area contributed by atoms with Gasteiger partial charge in [0.05, 0.1) is 6.33 Å². The van der Waals surface area contributed by atoms with Crippen molar-refractivity contribution in [2.24, 2.45) is 0 Å². The SMILES string of the molecule is CC(C)(C)OC(=O)NC(CCC(=O)O)Cc1cnc[nH]1. The summed E-state index contributed by atoms with van der Waals surface area (Å²) in [7, 11) is 0. The second-order valence-electron chi connectivity index (χ2n) is 5.56. The number of hydrogen-bond acceptors (Lipinski definition) is 4. The lowest BCUT2D eigenvalue weighted by atomic mass is 10.1. The lowest BCUT2D eigenvalue weighted by Gasteiger charge is -2.23. The number of alkyl carbamates (subject to hydrolysis) is 1. The van der Waals surface area contributed by atoms with Crippen molar-refractivity contribution < 1.29 is 19.4 Å². The summed E-state index contributed by atoms with van der Waals surface area (Å²) >= 11 is 0. The number of nitrogens with zero attached hydrogens (tertiary/aromatic N) is 1. The zero-order chi connectivity index (χ0) is 15.2. The van der Waals surface area contributed by atoms with E-state index in [4.69, 9.17) is 9.84 Å². The number of carbonyl (C=O) groups excluding carboxylic acids is 1. The van der Waals surface area contributed by atoms with E-state index in [1.54, 1.807) is 27.0 Å². The van der Waals surface area contributed by atoms with Gasteiger partial charge in [0.15, 0.2) is 0 Å². The van der Waals surface area contributed by atoms with E-state index in [0.29, 0.717) is 12.8 Å². The van der Waals surface area contributed by atoms with E-state index in [1.165, 1.54) is 6.33 Å². The first-order chi connectivity index (χ1) is 9.26. The Labute approximate surface area is 117 Å². The summed E-state index contributed by atoms with van der Waals surface area (Å²) in [5, 5.41) is 11.4. The minimum absolute atomic E-state index is 0.0192. The Hall–Kier alpha value is -2.05. The topological polar surface area (TPSA) is 104 Å². The van der Waals surface area contributed by atoms with Gasteiger partial charge in [-0.05, 0) is 27.2 Å². The number of ether oxygens (including phenoxy) is 1. The molecule has 1 unspecified atom stereocenters. The standard InChI is InChI=1S/C13H21N3O4/c1-13(2,3)20-12(19)16-9(4-5-11(17)18)6-10-7-14-8-15-10/h7-9H,4-6H2,1-3H3,(H,14,15)(H,16,19)(H,17,18). The highest BCUT2D eigenvalue weighted by Crippen LogP contribution is 2.09. The van der Waals surface area contributed by atoms with Crippen LogP contribution in [0, 0.1) is 0 Å². The lowest BCUT2D eigenvalue weighted by molar-refractivity contribution is -0.137. The van der Waals surface area contributed by atoms with Gasteiger partial charge in [-0.3, -0.25) is 4.79 Å². The van der Waals surface area contributed by atoms with Crippen LogP contribution in [0.2, 0.25) is 0 Å². The van der Waals surface area contributed by atoms with Crippen molar-refractivity contribution in [1.29, 1.82) is 0 Å². The third-order valence-corrected chi connectivity index (χ3v) is 2.45. The molecule has 1 atom stereocenters. The zero-order valence-electron chi connectivity index (χ0n) is 12.0. The van der Waals surface area contributed by atoms with Crippen molar-refractivity contribution in [3.05, 3.63) is 18.2 Å². The number of carboxylic acids is 1. The molecule has 0 radical (unpaired) electrons. The van der Waals surface area contributed by atoms with Crippen LogP contribution in [0.5, 0.6) is 0 Å². The molecule has 0 saturated carbocycles. The monoisotopic (exact) mass is 283 g/mol. The maximum Gasteiger partial charge on any atom is 0.407 e. The van der Waals surface area contributed by atoms with Crippen molar-refractivity contribution in [1.82, 2.24) is 15.3 Å². The van der Waals surface area contributed by atoms with E-state index >= 15 is 0 Å². The van der Waals surface area contributed by atoms with Gasteiger partial charge in [-0.15, -0.1) is 0 Å². The minimum Gasteiger partial charge on any atom is -0.481 e. The number of H-pyrrole nitrogens is 1. The number of imidazole rings is 1. The molecule has 0 bridgehead atoms. The molecule has 1 amide bonds. The molecule has 0 aliphatic heterocycles. The third kappa shape index (κ3) is 6.77. The van der Waals surface area contributed by atoms with Crippen LogP contribution < -0.4 is 5.32 Å². The van der Waals surface area contributed by atoms with Crippen LogP contribution in [-0.2, 0) is 16.0 Å². The molecule has 0 fully saturated rings. The Kier molecular flexibility index (Phi) is 5.54. The summed E-state index contributed by atoms with van der Waals surface area (Å²) in [6, 6.07) is -0.318. The van der Waals surface area contributed by atoms with Crippen LogP contribution in [-0.4, -0.2) is 38.8 Å². The predicted molar refractivity (Wildman–Crippen MR) is 72.3 cm³/mol. The van der Waals surface area contributed by atoms with Gasteiger partial charge >= 0.3 is 12.1 Å². The van der Waals surface area contributed by atoms with Crippen molar-refractivity contribution in [2.75, 3.05) is 0 Å². The van der Waals surface area contributed by atoms with E-state index in [9.17, 15) is 9.59 Å². The second-order valence-corrected chi connectivity index (χ2v) is 5.56. The van der Waals surface area contributed by atoms with Crippen LogP contribution in [0.1, 0.15) is 39.3 Å². The van der Waals surface area contributed by atoms with E-state index in [1.807, 2.05) is 0 Å². The molecule has 0 spiro atoms. The largest absolute Gasteiger partial charge is 0.481 e.